The van der Waals surface area contributed by atoms with Gasteiger partial charge in [0.25, 0.3) is 10.0 Å². The van der Waals surface area contributed by atoms with Crippen molar-refractivity contribution in [3.8, 4) is 11.3 Å². The molecule has 1 amide bonds. The molecule has 2 bridgehead atoms. The monoisotopic (exact) mass is 367 g/mol. The predicted octanol–water partition coefficient (Wildman–Crippen LogP) is 1.64. The van der Waals surface area contributed by atoms with Crippen LogP contribution in [-0.2, 0) is 14.8 Å². The fraction of sp³-hybridized carbons (Fsp3) is 0.467. The van der Waals surface area contributed by atoms with Gasteiger partial charge >= 0.3 is 0 Å². The molecule has 0 aliphatic carbocycles. The third-order valence-electron chi connectivity index (χ3n) is 4.82. The van der Waals surface area contributed by atoms with Crippen molar-refractivity contribution in [1.29, 1.82) is 0 Å². The number of hydrogen-bond donors (Lipinski definition) is 0. The summed E-state index contributed by atoms with van der Waals surface area (Å²) in [5.41, 5.74) is 0.696. The summed E-state index contributed by atoms with van der Waals surface area (Å²) < 4.78 is 32.8. The standard InChI is InChI=1S/C15H17N3O4S2/c1-17-12-3-2-10(15(17)19)7-18(8-12)24(20,21)14-6-11(9-23-14)13-4-5-16-22-13/h4-6,9-10,12H,2-3,7-8H2,1H3/t10-,12+/m1/s1. The second-order valence-electron chi connectivity index (χ2n) is 6.23. The van der Waals surface area contributed by atoms with Gasteiger partial charge in [0.15, 0.2) is 5.76 Å². The first-order chi connectivity index (χ1) is 11.5. The smallest absolute Gasteiger partial charge is 0.252 e. The lowest BCUT2D eigenvalue weighted by molar-refractivity contribution is -0.138. The van der Waals surface area contributed by atoms with Crippen LogP contribution in [0.2, 0.25) is 0 Å². The second kappa shape index (κ2) is 5.68. The Labute approximate surface area is 143 Å². The largest absolute Gasteiger partial charge is 0.356 e. The summed E-state index contributed by atoms with van der Waals surface area (Å²) in [6, 6.07) is 3.26. The van der Waals surface area contributed by atoms with Gasteiger partial charge in [-0.05, 0) is 18.9 Å². The van der Waals surface area contributed by atoms with Gasteiger partial charge in [0.2, 0.25) is 5.91 Å². The van der Waals surface area contributed by atoms with Gasteiger partial charge in [-0.1, -0.05) is 5.16 Å². The van der Waals surface area contributed by atoms with E-state index in [1.54, 1.807) is 29.5 Å². The van der Waals surface area contributed by atoms with Crippen LogP contribution in [0.1, 0.15) is 12.8 Å². The first kappa shape index (κ1) is 15.8. The van der Waals surface area contributed by atoms with Crippen molar-refractivity contribution >= 4 is 27.3 Å². The SMILES string of the molecule is CN1C(=O)[C@@H]2CC[C@H]1CN(S(=O)(=O)c1cc(-c3ccno3)cs1)C2. The highest BCUT2D eigenvalue weighted by atomic mass is 32.2. The van der Waals surface area contributed by atoms with E-state index in [9.17, 15) is 13.2 Å². The third-order valence-corrected chi connectivity index (χ3v) is 8.07. The zero-order chi connectivity index (χ0) is 16.9. The Balaban J connectivity index is 1.65. The third kappa shape index (κ3) is 2.47. The van der Waals surface area contributed by atoms with Gasteiger partial charge in [-0.3, -0.25) is 4.79 Å². The summed E-state index contributed by atoms with van der Waals surface area (Å²) in [6.07, 6.45) is 3.13. The van der Waals surface area contributed by atoms with Crippen LogP contribution in [-0.4, -0.2) is 54.9 Å². The van der Waals surface area contributed by atoms with E-state index in [2.05, 4.69) is 5.16 Å². The molecular formula is C15H17N3O4S2. The maximum atomic E-state index is 13.0. The molecule has 5 rings (SSSR count). The number of thiophene rings is 1. The number of hydrogen-bond acceptors (Lipinski definition) is 6. The number of nitrogens with zero attached hydrogens (tertiary/aromatic N) is 3. The number of fused-ring (bicyclic) bond motifs is 4. The Hall–Kier alpha value is -1.71. The highest BCUT2D eigenvalue weighted by molar-refractivity contribution is 7.91. The van der Waals surface area contributed by atoms with Gasteiger partial charge in [-0.15, -0.1) is 11.3 Å². The van der Waals surface area contributed by atoms with Crippen molar-refractivity contribution in [1.82, 2.24) is 14.4 Å². The van der Waals surface area contributed by atoms with Crippen molar-refractivity contribution in [2.75, 3.05) is 20.1 Å². The average molecular weight is 367 g/mol. The van der Waals surface area contributed by atoms with Gasteiger partial charge in [0.05, 0.1) is 12.1 Å². The normalized spacial score (nSPS) is 25.2. The Morgan fingerprint density at radius 3 is 2.92 bits per heavy atom. The summed E-state index contributed by atoms with van der Waals surface area (Å²) in [5, 5.41) is 5.39. The maximum Gasteiger partial charge on any atom is 0.252 e. The van der Waals surface area contributed by atoms with Crippen LogP contribution >= 0.6 is 11.3 Å². The summed E-state index contributed by atoms with van der Waals surface area (Å²) in [6.45, 7) is 0.619. The molecule has 0 radical (unpaired) electrons. The lowest BCUT2D eigenvalue weighted by Gasteiger charge is -2.32. The molecule has 0 aromatic carbocycles. The van der Waals surface area contributed by atoms with Crippen molar-refractivity contribution in [3.63, 3.8) is 0 Å². The van der Waals surface area contributed by atoms with E-state index < -0.39 is 10.0 Å². The molecule has 0 unspecified atom stereocenters. The van der Waals surface area contributed by atoms with Crippen LogP contribution in [0, 0.1) is 5.92 Å². The Kier molecular flexibility index (Phi) is 3.74. The summed E-state index contributed by atoms with van der Waals surface area (Å²) in [4.78, 5) is 14.0. The lowest BCUT2D eigenvalue weighted by atomic mass is 9.95. The molecule has 2 aromatic rings. The van der Waals surface area contributed by atoms with Crippen LogP contribution in [0.3, 0.4) is 0 Å². The minimum atomic E-state index is -3.62. The molecule has 3 saturated heterocycles. The van der Waals surface area contributed by atoms with Crippen molar-refractivity contribution in [3.05, 3.63) is 23.7 Å². The van der Waals surface area contributed by atoms with E-state index in [1.807, 2.05) is 0 Å². The Morgan fingerprint density at radius 2 is 2.17 bits per heavy atom. The van der Waals surface area contributed by atoms with Crippen LogP contribution < -0.4 is 0 Å². The van der Waals surface area contributed by atoms with Crippen molar-refractivity contribution in [2.24, 2.45) is 5.92 Å². The van der Waals surface area contributed by atoms with Crippen molar-refractivity contribution in [2.45, 2.75) is 23.1 Å². The van der Waals surface area contributed by atoms with Crippen LogP contribution in [0.25, 0.3) is 11.3 Å². The molecule has 0 spiro atoms. The van der Waals surface area contributed by atoms with Gasteiger partial charge in [-0.25, -0.2) is 8.42 Å². The Morgan fingerprint density at radius 1 is 1.33 bits per heavy atom. The van der Waals surface area contributed by atoms with Gasteiger partial charge in [-0.2, -0.15) is 4.31 Å². The minimum absolute atomic E-state index is 0.0419. The molecule has 24 heavy (non-hydrogen) atoms. The predicted molar refractivity (Wildman–Crippen MR) is 87.9 cm³/mol. The topological polar surface area (TPSA) is 83.7 Å². The molecular weight excluding hydrogens is 350 g/mol. The van der Waals surface area contributed by atoms with E-state index in [4.69, 9.17) is 4.52 Å². The molecule has 9 heteroatoms. The molecule has 7 nitrogen and oxygen atoms in total. The highest BCUT2D eigenvalue weighted by Crippen LogP contribution is 2.34. The fourth-order valence-electron chi connectivity index (χ4n) is 3.39. The molecule has 3 fully saturated rings. The minimum Gasteiger partial charge on any atom is -0.356 e. The number of carbonyl (C=O) groups excluding carboxylic acids is 1. The zero-order valence-corrected chi connectivity index (χ0v) is 14.7. The molecule has 0 saturated carbocycles. The van der Waals surface area contributed by atoms with Gasteiger partial charge < -0.3 is 9.42 Å². The number of amides is 1. The van der Waals surface area contributed by atoms with Crippen LogP contribution in [0.4, 0.5) is 0 Å². The highest BCUT2D eigenvalue weighted by Gasteiger charge is 2.43. The number of carbonyl (C=O) groups is 1. The first-order valence-corrected chi connectivity index (χ1v) is 10.0. The molecule has 5 heterocycles. The van der Waals surface area contributed by atoms with Crippen LogP contribution in [0.15, 0.2) is 32.4 Å². The van der Waals surface area contributed by atoms with E-state index in [0.717, 1.165) is 24.2 Å². The van der Waals surface area contributed by atoms with Crippen LogP contribution in [0.5, 0.6) is 0 Å². The average Bonchev–Trinajstić information content (AvgIpc) is 3.18. The number of aromatic nitrogens is 1. The quantitative estimate of drug-likeness (QED) is 0.824. The molecule has 2 aromatic heterocycles. The number of rotatable bonds is 3. The molecule has 128 valence electrons. The lowest BCUT2D eigenvalue weighted by Crippen LogP contribution is -2.45. The fourth-order valence-corrected chi connectivity index (χ4v) is 6.23. The molecule has 3 aliphatic rings. The van der Waals surface area contributed by atoms with E-state index >= 15 is 0 Å². The summed E-state index contributed by atoms with van der Waals surface area (Å²) >= 11 is 1.16. The number of likely N-dealkylation sites (N-methyl/N-ethyl adjacent to an activating group) is 1. The molecule has 3 aliphatic heterocycles. The number of piperidine rings is 1. The number of sulfonamides is 1. The Bertz CT molecular complexity index is 859. The van der Waals surface area contributed by atoms with Gasteiger partial charge in [0, 0.05) is 43.2 Å². The van der Waals surface area contributed by atoms with Gasteiger partial charge in [0.1, 0.15) is 4.21 Å². The van der Waals surface area contributed by atoms with E-state index in [0.29, 0.717) is 17.9 Å². The van der Waals surface area contributed by atoms with E-state index in [1.165, 1.54) is 10.5 Å². The maximum absolute atomic E-state index is 13.0. The second-order valence-corrected chi connectivity index (χ2v) is 9.31. The van der Waals surface area contributed by atoms with E-state index in [-0.39, 0.29) is 28.6 Å². The molecule has 2 atom stereocenters. The summed E-state index contributed by atoms with van der Waals surface area (Å²) in [7, 11) is -1.85. The summed E-state index contributed by atoms with van der Waals surface area (Å²) in [5.74, 6) is 0.355. The van der Waals surface area contributed by atoms with Crippen molar-refractivity contribution < 1.29 is 17.7 Å². The zero-order valence-electron chi connectivity index (χ0n) is 13.1. The first-order valence-electron chi connectivity index (χ1n) is 7.73. The molecule has 0 N–H and O–H groups in total.